The third-order valence-corrected chi connectivity index (χ3v) is 5.81. The van der Waals surface area contributed by atoms with Crippen LogP contribution in [0.5, 0.6) is 11.5 Å². The minimum Gasteiger partial charge on any atom is -0.485 e. The van der Waals surface area contributed by atoms with E-state index in [-0.39, 0.29) is 29.3 Å². The molecule has 3 aromatic rings. The summed E-state index contributed by atoms with van der Waals surface area (Å²) in [4.78, 5) is 25.3. The van der Waals surface area contributed by atoms with Crippen molar-refractivity contribution in [3.63, 3.8) is 0 Å². The smallest absolute Gasteiger partial charge is 0.232 e. The first kappa shape index (κ1) is 22.8. The molecule has 1 heterocycles. The number of benzene rings is 3. The van der Waals surface area contributed by atoms with Crippen molar-refractivity contribution in [3.05, 3.63) is 99.3 Å². The van der Waals surface area contributed by atoms with Crippen molar-refractivity contribution in [3.8, 4) is 11.5 Å². The summed E-state index contributed by atoms with van der Waals surface area (Å²) < 4.78 is 11.6. The normalized spacial score (nSPS) is 14.2. The highest BCUT2D eigenvalue weighted by Gasteiger charge is 2.30. The molecule has 0 N–H and O–H groups in total. The number of carbonyl (C=O) groups is 2. The third kappa shape index (κ3) is 5.01. The lowest BCUT2D eigenvalue weighted by Gasteiger charge is -2.18. The Morgan fingerprint density at radius 2 is 1.70 bits per heavy atom. The SMILES string of the molecule is Cc1cc(OCC(=O)c2ccc(Cl)cc2)cc2c1C(=O)/C(=C/c1ccc(C(C)(C)C)cc1)O2. The summed E-state index contributed by atoms with van der Waals surface area (Å²) in [5.41, 5.74) is 3.94. The molecule has 33 heavy (non-hydrogen) atoms. The Kier molecular flexibility index (Phi) is 6.13. The minimum atomic E-state index is -0.166. The van der Waals surface area contributed by atoms with Gasteiger partial charge in [-0.15, -0.1) is 0 Å². The van der Waals surface area contributed by atoms with E-state index in [2.05, 4.69) is 32.9 Å². The number of halogens is 1. The molecular weight excluding hydrogens is 436 g/mol. The van der Waals surface area contributed by atoms with Crippen LogP contribution in [-0.2, 0) is 5.41 Å². The number of ketones is 2. The van der Waals surface area contributed by atoms with Crippen molar-refractivity contribution in [1.82, 2.24) is 0 Å². The van der Waals surface area contributed by atoms with Gasteiger partial charge >= 0.3 is 0 Å². The van der Waals surface area contributed by atoms with Crippen LogP contribution in [0.1, 0.15) is 58.2 Å². The number of carbonyl (C=O) groups excluding carboxylic acids is 2. The van der Waals surface area contributed by atoms with Gasteiger partial charge in [0, 0.05) is 16.7 Å². The zero-order chi connectivity index (χ0) is 23.8. The summed E-state index contributed by atoms with van der Waals surface area (Å²) in [6.45, 7) is 8.18. The van der Waals surface area contributed by atoms with E-state index in [1.165, 1.54) is 5.56 Å². The molecule has 0 unspecified atom stereocenters. The van der Waals surface area contributed by atoms with Gasteiger partial charge in [0.25, 0.3) is 0 Å². The average Bonchev–Trinajstić information content (AvgIpc) is 3.07. The van der Waals surface area contributed by atoms with Gasteiger partial charge in [-0.05, 0) is 65.4 Å². The van der Waals surface area contributed by atoms with Crippen molar-refractivity contribution in [2.45, 2.75) is 33.1 Å². The van der Waals surface area contributed by atoms with Crippen LogP contribution in [0.4, 0.5) is 0 Å². The Balaban J connectivity index is 1.50. The van der Waals surface area contributed by atoms with Gasteiger partial charge in [0.05, 0.1) is 5.56 Å². The van der Waals surface area contributed by atoms with E-state index >= 15 is 0 Å². The van der Waals surface area contributed by atoms with E-state index < -0.39 is 0 Å². The van der Waals surface area contributed by atoms with Crippen LogP contribution in [0.2, 0.25) is 5.02 Å². The number of ether oxygens (including phenoxy) is 2. The molecule has 3 aromatic carbocycles. The molecule has 1 aliphatic heterocycles. The molecule has 4 rings (SSSR count). The monoisotopic (exact) mass is 460 g/mol. The largest absolute Gasteiger partial charge is 0.485 e. The van der Waals surface area contributed by atoms with Gasteiger partial charge in [-0.3, -0.25) is 9.59 Å². The molecule has 5 heteroatoms. The maximum absolute atomic E-state index is 12.9. The number of Topliss-reactive ketones (excluding diaryl/α,β-unsaturated/α-hetero) is 2. The van der Waals surface area contributed by atoms with Crippen molar-refractivity contribution >= 4 is 29.2 Å². The predicted octanol–water partition coefficient (Wildman–Crippen LogP) is 6.82. The topological polar surface area (TPSA) is 52.6 Å². The maximum atomic E-state index is 12.9. The summed E-state index contributed by atoms with van der Waals surface area (Å²) in [6, 6.07) is 18.1. The van der Waals surface area contributed by atoms with Crippen LogP contribution in [-0.4, -0.2) is 18.2 Å². The summed E-state index contributed by atoms with van der Waals surface area (Å²) in [6.07, 6.45) is 1.75. The van der Waals surface area contributed by atoms with Gasteiger partial charge in [-0.1, -0.05) is 56.6 Å². The average molecular weight is 461 g/mol. The first-order valence-electron chi connectivity index (χ1n) is 10.7. The summed E-state index contributed by atoms with van der Waals surface area (Å²) in [5.74, 6) is 0.849. The van der Waals surface area contributed by atoms with Crippen molar-refractivity contribution in [1.29, 1.82) is 0 Å². The fraction of sp³-hybridized carbons (Fsp3) is 0.214. The standard InChI is InChI=1S/C28H25ClO4/c1-17-13-22(32-16-23(30)19-7-11-21(29)12-8-19)15-24-26(17)27(31)25(33-24)14-18-5-9-20(10-6-18)28(2,3)4/h5-15H,16H2,1-4H3/b25-14-. The Morgan fingerprint density at radius 1 is 1.03 bits per heavy atom. The molecule has 0 aromatic heterocycles. The minimum absolute atomic E-state index is 0.0596. The highest BCUT2D eigenvalue weighted by Crippen LogP contribution is 2.37. The second kappa shape index (κ2) is 8.87. The molecule has 0 fully saturated rings. The molecule has 0 saturated heterocycles. The second-order valence-corrected chi connectivity index (χ2v) is 9.58. The highest BCUT2D eigenvalue weighted by atomic mass is 35.5. The number of hydrogen-bond acceptors (Lipinski definition) is 4. The van der Waals surface area contributed by atoms with Crippen LogP contribution >= 0.6 is 11.6 Å². The van der Waals surface area contributed by atoms with Crippen LogP contribution in [0.15, 0.2) is 66.4 Å². The predicted molar refractivity (Wildman–Crippen MR) is 131 cm³/mol. The molecule has 1 aliphatic rings. The van der Waals surface area contributed by atoms with Gasteiger partial charge in [0.15, 0.2) is 18.1 Å². The summed E-state index contributed by atoms with van der Waals surface area (Å²) >= 11 is 5.87. The highest BCUT2D eigenvalue weighted by molar-refractivity contribution is 6.30. The lowest BCUT2D eigenvalue weighted by atomic mass is 9.86. The molecule has 0 amide bonds. The number of fused-ring (bicyclic) bond motifs is 1. The van der Waals surface area contributed by atoms with E-state index in [0.717, 1.165) is 11.1 Å². The lowest BCUT2D eigenvalue weighted by Crippen LogP contribution is -2.11. The molecular formula is C28H25ClO4. The molecule has 0 saturated carbocycles. The fourth-order valence-corrected chi connectivity index (χ4v) is 3.79. The van der Waals surface area contributed by atoms with Crippen LogP contribution in [0, 0.1) is 6.92 Å². The van der Waals surface area contributed by atoms with Gasteiger partial charge in [-0.2, -0.15) is 0 Å². The molecule has 0 atom stereocenters. The van der Waals surface area contributed by atoms with E-state index in [1.54, 1.807) is 42.5 Å². The van der Waals surface area contributed by atoms with Crippen LogP contribution in [0.3, 0.4) is 0 Å². The summed E-state index contributed by atoms with van der Waals surface area (Å²) in [7, 11) is 0. The molecule has 0 bridgehead atoms. The van der Waals surface area contributed by atoms with E-state index in [9.17, 15) is 9.59 Å². The van der Waals surface area contributed by atoms with Gasteiger partial charge in [-0.25, -0.2) is 0 Å². The van der Waals surface area contributed by atoms with Crippen molar-refractivity contribution < 1.29 is 19.1 Å². The zero-order valence-corrected chi connectivity index (χ0v) is 19.8. The molecule has 0 aliphatic carbocycles. The quantitative estimate of drug-likeness (QED) is 0.309. The number of rotatable bonds is 5. The lowest BCUT2D eigenvalue weighted by molar-refractivity contribution is 0.0920. The van der Waals surface area contributed by atoms with E-state index in [4.69, 9.17) is 21.1 Å². The first-order valence-corrected chi connectivity index (χ1v) is 11.1. The number of aryl methyl sites for hydroxylation is 1. The zero-order valence-electron chi connectivity index (χ0n) is 19.1. The molecule has 0 spiro atoms. The Morgan fingerprint density at radius 3 is 2.33 bits per heavy atom. The molecule has 0 radical (unpaired) electrons. The molecule has 168 valence electrons. The number of allylic oxidation sites excluding steroid dienone is 1. The van der Waals surface area contributed by atoms with Gasteiger partial charge in [0.2, 0.25) is 5.78 Å². The number of hydrogen-bond donors (Lipinski definition) is 0. The van der Waals surface area contributed by atoms with Gasteiger partial charge in [0.1, 0.15) is 11.5 Å². The Bertz CT molecular complexity index is 1250. The second-order valence-electron chi connectivity index (χ2n) is 9.14. The first-order chi connectivity index (χ1) is 15.6. The third-order valence-electron chi connectivity index (χ3n) is 5.55. The van der Waals surface area contributed by atoms with Crippen LogP contribution in [0.25, 0.3) is 6.08 Å². The summed E-state index contributed by atoms with van der Waals surface area (Å²) in [5, 5.41) is 0.567. The van der Waals surface area contributed by atoms with Crippen molar-refractivity contribution in [2.75, 3.05) is 6.61 Å². The Hall–Kier alpha value is -3.37. The fourth-order valence-electron chi connectivity index (χ4n) is 3.66. The molecule has 4 nitrogen and oxygen atoms in total. The Labute approximate surface area is 198 Å². The van der Waals surface area contributed by atoms with Gasteiger partial charge < -0.3 is 9.47 Å². The van der Waals surface area contributed by atoms with Crippen molar-refractivity contribution in [2.24, 2.45) is 0 Å². The maximum Gasteiger partial charge on any atom is 0.232 e. The van der Waals surface area contributed by atoms with Crippen LogP contribution < -0.4 is 9.47 Å². The van der Waals surface area contributed by atoms with E-state index in [0.29, 0.717) is 27.6 Å². The van der Waals surface area contributed by atoms with E-state index in [1.807, 2.05) is 19.1 Å².